The van der Waals surface area contributed by atoms with Crippen LogP contribution in [0, 0.1) is 17.8 Å². The van der Waals surface area contributed by atoms with Gasteiger partial charge < -0.3 is 10.2 Å². The Hall–Kier alpha value is -0.280. The van der Waals surface area contributed by atoms with E-state index in [4.69, 9.17) is 16.7 Å². The lowest BCUT2D eigenvalue weighted by Gasteiger charge is -2.33. The molecule has 0 amide bonds. The number of hydrogen-bond donors (Lipinski definition) is 2. The van der Waals surface area contributed by atoms with E-state index >= 15 is 0 Å². The summed E-state index contributed by atoms with van der Waals surface area (Å²) in [5, 5.41) is 17.3. The molecule has 96 valence electrons. The summed E-state index contributed by atoms with van der Waals surface area (Å²) in [6.07, 6.45) is 3.52. The first-order valence-corrected chi connectivity index (χ1v) is 6.37. The molecule has 3 unspecified atom stereocenters. The monoisotopic (exact) mass is 250 g/mol. The number of carbonyl (C=O) groups is 1. The van der Waals surface area contributed by atoms with Gasteiger partial charge in [-0.3, -0.25) is 4.79 Å². The molecule has 1 saturated carbocycles. The third-order valence-electron chi connectivity index (χ3n) is 3.10. The van der Waals surface area contributed by atoms with Gasteiger partial charge in [0, 0.05) is 0 Å². The number of rotatable bonds is 2. The summed E-state index contributed by atoms with van der Waals surface area (Å²) in [5.74, 6) is 0.662. The van der Waals surface area contributed by atoms with Crippen LogP contribution in [0.1, 0.15) is 40.0 Å². The standard InChI is InChI=1S/C10H20O.C2H3ClO2/c1-7(2)9-5-4-8(3)6-10(9)11;3-1-2(4)5/h7-11H,4-6H2,1-3H3;1H2,(H,4,5). The van der Waals surface area contributed by atoms with Crippen LogP contribution in [-0.4, -0.2) is 28.2 Å². The minimum atomic E-state index is -0.980. The van der Waals surface area contributed by atoms with Crippen molar-refractivity contribution in [2.24, 2.45) is 17.8 Å². The van der Waals surface area contributed by atoms with E-state index in [1.165, 1.54) is 12.8 Å². The summed E-state index contributed by atoms with van der Waals surface area (Å²) in [6.45, 7) is 6.66. The maximum Gasteiger partial charge on any atom is 0.318 e. The van der Waals surface area contributed by atoms with E-state index in [0.717, 1.165) is 12.3 Å². The summed E-state index contributed by atoms with van der Waals surface area (Å²) >= 11 is 4.74. The van der Waals surface area contributed by atoms with E-state index in [1.807, 2.05) is 0 Å². The Morgan fingerprint density at radius 1 is 1.44 bits per heavy atom. The second kappa shape index (κ2) is 7.91. The minimum Gasteiger partial charge on any atom is -0.480 e. The van der Waals surface area contributed by atoms with Gasteiger partial charge in [-0.1, -0.05) is 27.2 Å². The zero-order chi connectivity index (χ0) is 12.7. The number of aliphatic carboxylic acids is 1. The normalized spacial score (nSPS) is 29.5. The molecule has 4 heteroatoms. The molecule has 3 atom stereocenters. The van der Waals surface area contributed by atoms with Gasteiger partial charge in [-0.25, -0.2) is 0 Å². The molecule has 1 aliphatic rings. The maximum absolute atomic E-state index is 9.71. The largest absolute Gasteiger partial charge is 0.480 e. The second-order valence-electron chi connectivity index (χ2n) is 4.92. The highest BCUT2D eigenvalue weighted by molar-refractivity contribution is 6.26. The molecule has 3 nitrogen and oxygen atoms in total. The molecule has 0 aromatic carbocycles. The fraction of sp³-hybridized carbons (Fsp3) is 0.917. The molecule has 1 rings (SSSR count). The topological polar surface area (TPSA) is 57.5 Å². The van der Waals surface area contributed by atoms with Crippen molar-refractivity contribution in [3.05, 3.63) is 0 Å². The van der Waals surface area contributed by atoms with E-state index in [0.29, 0.717) is 11.8 Å². The SMILES string of the molecule is CC1CCC(C(C)C)C(O)C1.O=C(O)CCl. The first-order chi connectivity index (χ1) is 7.38. The van der Waals surface area contributed by atoms with E-state index in [-0.39, 0.29) is 12.0 Å². The van der Waals surface area contributed by atoms with Crippen LogP contribution < -0.4 is 0 Å². The summed E-state index contributed by atoms with van der Waals surface area (Å²) in [7, 11) is 0. The highest BCUT2D eigenvalue weighted by atomic mass is 35.5. The number of hydrogen-bond acceptors (Lipinski definition) is 2. The Labute approximate surface area is 103 Å². The minimum absolute atomic E-state index is 0.0289. The Morgan fingerprint density at radius 3 is 2.25 bits per heavy atom. The molecule has 2 N–H and O–H groups in total. The van der Waals surface area contributed by atoms with Crippen LogP contribution in [0.2, 0.25) is 0 Å². The molecule has 0 aliphatic heterocycles. The molecular weight excluding hydrogens is 228 g/mol. The summed E-state index contributed by atoms with van der Waals surface area (Å²) in [4.78, 5) is 9.24. The second-order valence-corrected chi connectivity index (χ2v) is 5.19. The van der Waals surface area contributed by atoms with Gasteiger partial charge in [0.05, 0.1) is 6.10 Å². The number of carboxylic acids is 1. The van der Waals surface area contributed by atoms with Gasteiger partial charge in [0.1, 0.15) is 5.88 Å². The Morgan fingerprint density at radius 2 is 1.94 bits per heavy atom. The highest BCUT2D eigenvalue weighted by Gasteiger charge is 2.28. The van der Waals surface area contributed by atoms with Crippen molar-refractivity contribution in [2.75, 3.05) is 5.88 Å². The predicted octanol–water partition coefficient (Wildman–Crippen LogP) is 2.75. The molecule has 1 fully saturated rings. The predicted molar refractivity (Wildman–Crippen MR) is 65.7 cm³/mol. The van der Waals surface area contributed by atoms with Crippen molar-refractivity contribution in [2.45, 2.75) is 46.1 Å². The lowest BCUT2D eigenvalue weighted by atomic mass is 9.75. The highest BCUT2D eigenvalue weighted by Crippen LogP contribution is 2.33. The zero-order valence-electron chi connectivity index (χ0n) is 10.3. The van der Waals surface area contributed by atoms with Crippen molar-refractivity contribution in [1.29, 1.82) is 0 Å². The quantitative estimate of drug-likeness (QED) is 0.741. The molecule has 0 radical (unpaired) electrons. The van der Waals surface area contributed by atoms with Crippen LogP contribution in [-0.2, 0) is 4.79 Å². The third kappa shape index (κ3) is 6.33. The van der Waals surface area contributed by atoms with Crippen LogP contribution >= 0.6 is 11.6 Å². The van der Waals surface area contributed by atoms with Crippen LogP contribution in [0.25, 0.3) is 0 Å². The van der Waals surface area contributed by atoms with Gasteiger partial charge in [0.25, 0.3) is 0 Å². The third-order valence-corrected chi connectivity index (χ3v) is 3.33. The van der Waals surface area contributed by atoms with Crippen molar-refractivity contribution in [3.63, 3.8) is 0 Å². The lowest BCUT2D eigenvalue weighted by Crippen LogP contribution is -2.31. The molecule has 1 aliphatic carbocycles. The van der Waals surface area contributed by atoms with Gasteiger partial charge >= 0.3 is 5.97 Å². The molecule has 0 heterocycles. The van der Waals surface area contributed by atoms with Crippen molar-refractivity contribution >= 4 is 17.6 Å². The molecule has 0 aromatic rings. The van der Waals surface area contributed by atoms with Crippen molar-refractivity contribution in [3.8, 4) is 0 Å². The number of halogens is 1. The summed E-state index contributed by atoms with van der Waals surface area (Å²) in [5.41, 5.74) is 0. The van der Waals surface area contributed by atoms with Crippen molar-refractivity contribution in [1.82, 2.24) is 0 Å². The fourth-order valence-corrected chi connectivity index (χ4v) is 2.15. The van der Waals surface area contributed by atoms with Crippen LogP contribution in [0.3, 0.4) is 0 Å². The lowest BCUT2D eigenvalue weighted by molar-refractivity contribution is -0.134. The van der Waals surface area contributed by atoms with E-state index in [2.05, 4.69) is 20.8 Å². The van der Waals surface area contributed by atoms with E-state index in [1.54, 1.807) is 0 Å². The molecule has 0 saturated heterocycles. The van der Waals surface area contributed by atoms with Gasteiger partial charge in [-0.2, -0.15) is 0 Å². The van der Waals surface area contributed by atoms with Gasteiger partial charge in [0.15, 0.2) is 0 Å². The molecule has 0 bridgehead atoms. The first kappa shape index (κ1) is 15.7. The number of alkyl halides is 1. The smallest absolute Gasteiger partial charge is 0.318 e. The molecule has 0 aromatic heterocycles. The number of aliphatic hydroxyl groups excluding tert-OH is 1. The molecule has 0 spiro atoms. The summed E-state index contributed by atoms with van der Waals surface area (Å²) < 4.78 is 0. The average molecular weight is 251 g/mol. The average Bonchev–Trinajstić information content (AvgIpc) is 2.17. The van der Waals surface area contributed by atoms with Crippen LogP contribution in [0.5, 0.6) is 0 Å². The zero-order valence-corrected chi connectivity index (χ0v) is 11.1. The van der Waals surface area contributed by atoms with Crippen LogP contribution in [0.15, 0.2) is 0 Å². The van der Waals surface area contributed by atoms with Gasteiger partial charge in [-0.05, 0) is 30.6 Å². The van der Waals surface area contributed by atoms with Crippen LogP contribution in [0.4, 0.5) is 0 Å². The summed E-state index contributed by atoms with van der Waals surface area (Å²) in [6, 6.07) is 0. The number of aliphatic hydroxyl groups is 1. The molecular formula is C12H23ClO3. The first-order valence-electron chi connectivity index (χ1n) is 5.84. The number of carboxylic acid groups (broad SMARTS) is 1. The Bertz CT molecular complexity index is 206. The van der Waals surface area contributed by atoms with Crippen molar-refractivity contribution < 1.29 is 15.0 Å². The van der Waals surface area contributed by atoms with E-state index in [9.17, 15) is 9.90 Å². The maximum atomic E-state index is 9.71. The molecule has 16 heavy (non-hydrogen) atoms. The van der Waals surface area contributed by atoms with E-state index < -0.39 is 5.97 Å². The Kier molecular flexibility index (Phi) is 7.77. The Balaban J connectivity index is 0.000000385. The van der Waals surface area contributed by atoms with Gasteiger partial charge in [-0.15, -0.1) is 11.6 Å². The fourth-order valence-electron chi connectivity index (χ4n) is 2.15. The van der Waals surface area contributed by atoms with Gasteiger partial charge in [0.2, 0.25) is 0 Å².